The first kappa shape index (κ1) is 14.6. The van der Waals surface area contributed by atoms with E-state index in [-0.39, 0.29) is 6.04 Å². The number of para-hydroxylation sites is 2. The third-order valence-corrected chi connectivity index (χ3v) is 4.15. The number of hydrogen-bond donors (Lipinski definition) is 1. The predicted octanol–water partition coefficient (Wildman–Crippen LogP) is 4.81. The fourth-order valence-corrected chi connectivity index (χ4v) is 2.83. The normalized spacial score (nSPS) is 15.8. The van der Waals surface area contributed by atoms with Crippen molar-refractivity contribution in [3.05, 3.63) is 90.0 Å². The molecular formula is C21H19NO2. The average Bonchev–Trinajstić information content (AvgIpc) is 2.67. The highest BCUT2D eigenvalue weighted by Crippen LogP contribution is 2.33. The quantitative estimate of drug-likeness (QED) is 0.749. The Morgan fingerprint density at radius 1 is 0.875 bits per heavy atom. The highest BCUT2D eigenvalue weighted by atomic mass is 16.5. The van der Waals surface area contributed by atoms with Crippen LogP contribution in [0.1, 0.15) is 17.2 Å². The van der Waals surface area contributed by atoms with E-state index in [0.29, 0.717) is 13.2 Å². The molecule has 0 saturated carbocycles. The van der Waals surface area contributed by atoms with E-state index in [2.05, 4.69) is 29.6 Å². The maximum Gasteiger partial charge on any atom is 0.142 e. The number of anilines is 1. The third kappa shape index (κ3) is 3.20. The molecule has 0 spiro atoms. The minimum absolute atomic E-state index is 0.156. The van der Waals surface area contributed by atoms with Crippen LogP contribution in [0.4, 0.5) is 5.69 Å². The Balaban J connectivity index is 1.41. The summed E-state index contributed by atoms with van der Waals surface area (Å²) in [6.45, 7) is 1.21. The van der Waals surface area contributed by atoms with Gasteiger partial charge in [0.2, 0.25) is 0 Å². The van der Waals surface area contributed by atoms with E-state index in [1.54, 1.807) is 0 Å². The summed E-state index contributed by atoms with van der Waals surface area (Å²) in [5.74, 6) is 1.79. The first-order chi connectivity index (χ1) is 11.9. The first-order valence-electron chi connectivity index (χ1n) is 8.13. The number of ether oxygens (including phenoxy) is 2. The average molecular weight is 317 g/mol. The molecule has 0 bridgehead atoms. The molecule has 0 aromatic heterocycles. The molecule has 1 heterocycles. The molecular weight excluding hydrogens is 298 g/mol. The molecule has 0 amide bonds. The molecule has 0 saturated heterocycles. The highest BCUT2D eigenvalue weighted by molar-refractivity contribution is 5.59. The van der Waals surface area contributed by atoms with Crippen LogP contribution in [0, 0.1) is 0 Å². The van der Waals surface area contributed by atoms with Crippen LogP contribution in [0.5, 0.6) is 11.5 Å². The molecule has 0 aliphatic carbocycles. The van der Waals surface area contributed by atoms with Gasteiger partial charge in [0.1, 0.15) is 24.7 Å². The van der Waals surface area contributed by atoms with Crippen molar-refractivity contribution in [2.45, 2.75) is 12.6 Å². The van der Waals surface area contributed by atoms with Gasteiger partial charge in [-0.05, 0) is 35.4 Å². The van der Waals surface area contributed by atoms with Crippen molar-refractivity contribution < 1.29 is 9.47 Å². The molecule has 3 nitrogen and oxygen atoms in total. The number of benzene rings is 3. The second kappa shape index (κ2) is 6.67. The summed E-state index contributed by atoms with van der Waals surface area (Å²) in [5.41, 5.74) is 3.40. The molecule has 4 rings (SSSR count). The minimum Gasteiger partial charge on any atom is -0.489 e. The molecule has 24 heavy (non-hydrogen) atoms. The number of nitrogens with one attached hydrogen (secondary N) is 1. The molecule has 3 heteroatoms. The maximum atomic E-state index is 5.84. The molecule has 0 radical (unpaired) electrons. The Morgan fingerprint density at radius 2 is 1.62 bits per heavy atom. The smallest absolute Gasteiger partial charge is 0.142 e. The summed E-state index contributed by atoms with van der Waals surface area (Å²) in [5, 5.41) is 3.52. The Hall–Kier alpha value is -2.94. The minimum atomic E-state index is 0.156. The molecule has 1 aliphatic heterocycles. The van der Waals surface area contributed by atoms with Gasteiger partial charge < -0.3 is 14.8 Å². The van der Waals surface area contributed by atoms with E-state index >= 15 is 0 Å². The Labute approximate surface area is 141 Å². The van der Waals surface area contributed by atoms with Crippen molar-refractivity contribution in [2.24, 2.45) is 0 Å². The van der Waals surface area contributed by atoms with E-state index in [1.165, 1.54) is 11.1 Å². The summed E-state index contributed by atoms with van der Waals surface area (Å²) in [7, 11) is 0. The lowest BCUT2D eigenvalue weighted by Crippen LogP contribution is -2.23. The molecule has 120 valence electrons. The van der Waals surface area contributed by atoms with Gasteiger partial charge in [-0.3, -0.25) is 0 Å². The van der Waals surface area contributed by atoms with Crippen molar-refractivity contribution in [3.63, 3.8) is 0 Å². The van der Waals surface area contributed by atoms with E-state index < -0.39 is 0 Å². The lowest BCUT2D eigenvalue weighted by molar-refractivity contribution is 0.286. The van der Waals surface area contributed by atoms with Gasteiger partial charge in [-0.25, -0.2) is 0 Å². The van der Waals surface area contributed by atoms with Crippen LogP contribution in [0.25, 0.3) is 0 Å². The number of fused-ring (bicyclic) bond motifs is 1. The van der Waals surface area contributed by atoms with Crippen LogP contribution in [0.15, 0.2) is 78.9 Å². The molecule has 3 aromatic rings. The number of rotatable bonds is 4. The monoisotopic (exact) mass is 317 g/mol. The Morgan fingerprint density at radius 3 is 2.46 bits per heavy atom. The van der Waals surface area contributed by atoms with E-state index in [9.17, 15) is 0 Å². The van der Waals surface area contributed by atoms with Crippen molar-refractivity contribution in [1.82, 2.24) is 0 Å². The Bertz CT molecular complexity index is 800. The zero-order chi connectivity index (χ0) is 16.2. The van der Waals surface area contributed by atoms with Gasteiger partial charge in [0.05, 0.1) is 11.7 Å². The van der Waals surface area contributed by atoms with E-state index in [0.717, 1.165) is 17.2 Å². The molecule has 1 N–H and O–H groups in total. The van der Waals surface area contributed by atoms with Gasteiger partial charge in [-0.2, -0.15) is 0 Å². The largest absolute Gasteiger partial charge is 0.489 e. The predicted molar refractivity (Wildman–Crippen MR) is 95.5 cm³/mol. The maximum absolute atomic E-state index is 5.84. The molecule has 0 fully saturated rings. The van der Waals surface area contributed by atoms with Crippen LogP contribution in [0.2, 0.25) is 0 Å². The van der Waals surface area contributed by atoms with Crippen LogP contribution in [-0.4, -0.2) is 6.61 Å². The third-order valence-electron chi connectivity index (χ3n) is 4.15. The second-order valence-electron chi connectivity index (χ2n) is 5.85. The van der Waals surface area contributed by atoms with E-state index in [1.807, 2.05) is 54.6 Å². The van der Waals surface area contributed by atoms with Crippen molar-refractivity contribution >= 4 is 5.69 Å². The summed E-state index contributed by atoms with van der Waals surface area (Å²) in [6.07, 6.45) is 0. The van der Waals surface area contributed by atoms with Crippen molar-refractivity contribution in [2.75, 3.05) is 11.9 Å². The lowest BCUT2D eigenvalue weighted by Gasteiger charge is -2.27. The second-order valence-corrected chi connectivity index (χ2v) is 5.85. The van der Waals surface area contributed by atoms with Gasteiger partial charge in [0, 0.05) is 0 Å². The molecule has 1 atom stereocenters. The lowest BCUT2D eigenvalue weighted by atomic mass is 10.1. The highest BCUT2D eigenvalue weighted by Gasteiger charge is 2.19. The standard InChI is InChI=1S/C21H19NO2/c1-2-6-16(7-3-1)14-23-18-12-10-17(11-13-18)20-15-24-21-9-5-4-8-19(21)22-20/h1-13,20,22H,14-15H2. The van der Waals surface area contributed by atoms with Crippen LogP contribution < -0.4 is 14.8 Å². The zero-order valence-electron chi connectivity index (χ0n) is 13.3. The SMILES string of the molecule is c1ccc(COc2ccc(C3COc4ccccc4N3)cc2)cc1. The number of hydrogen-bond acceptors (Lipinski definition) is 3. The van der Waals surface area contributed by atoms with Gasteiger partial charge in [-0.1, -0.05) is 54.6 Å². The van der Waals surface area contributed by atoms with Crippen molar-refractivity contribution in [3.8, 4) is 11.5 Å². The topological polar surface area (TPSA) is 30.5 Å². The summed E-state index contributed by atoms with van der Waals surface area (Å²) >= 11 is 0. The first-order valence-corrected chi connectivity index (χ1v) is 8.13. The fraction of sp³-hybridized carbons (Fsp3) is 0.143. The van der Waals surface area contributed by atoms with Gasteiger partial charge in [-0.15, -0.1) is 0 Å². The van der Waals surface area contributed by atoms with E-state index in [4.69, 9.17) is 9.47 Å². The van der Waals surface area contributed by atoms with Crippen molar-refractivity contribution in [1.29, 1.82) is 0 Å². The van der Waals surface area contributed by atoms with Gasteiger partial charge in [0.15, 0.2) is 0 Å². The zero-order valence-corrected chi connectivity index (χ0v) is 13.3. The summed E-state index contributed by atoms with van der Waals surface area (Å²) in [4.78, 5) is 0. The summed E-state index contributed by atoms with van der Waals surface area (Å²) in [6, 6.07) is 26.6. The Kier molecular flexibility index (Phi) is 4.07. The van der Waals surface area contributed by atoms with Crippen LogP contribution >= 0.6 is 0 Å². The van der Waals surface area contributed by atoms with Gasteiger partial charge >= 0.3 is 0 Å². The molecule has 1 aliphatic rings. The van der Waals surface area contributed by atoms with Crippen LogP contribution in [0.3, 0.4) is 0 Å². The summed E-state index contributed by atoms with van der Waals surface area (Å²) < 4.78 is 11.7. The van der Waals surface area contributed by atoms with Crippen LogP contribution in [-0.2, 0) is 6.61 Å². The fourth-order valence-electron chi connectivity index (χ4n) is 2.83. The van der Waals surface area contributed by atoms with Gasteiger partial charge in [0.25, 0.3) is 0 Å². The molecule has 1 unspecified atom stereocenters. The molecule has 3 aromatic carbocycles.